The minimum atomic E-state index is -0.0390. The molecule has 0 fully saturated rings. The summed E-state index contributed by atoms with van der Waals surface area (Å²) in [6.07, 6.45) is 3.96. The molecular formula is C14H15BrN2O. The van der Waals surface area contributed by atoms with Crippen molar-refractivity contribution < 1.29 is 4.79 Å². The predicted molar refractivity (Wildman–Crippen MR) is 75.6 cm³/mol. The van der Waals surface area contributed by atoms with Crippen LogP contribution < -0.4 is 5.32 Å². The quantitative estimate of drug-likeness (QED) is 0.926. The van der Waals surface area contributed by atoms with Crippen LogP contribution in [-0.4, -0.2) is 17.0 Å². The van der Waals surface area contributed by atoms with E-state index in [1.165, 1.54) is 0 Å². The standard InChI is InChI=1S/C14H15BrN2O/c1-11-4-5-12(10-13(11)15)14(18)16-6-9-17-7-2-3-8-17/h2-5,7-8,10H,6,9H2,1H3,(H,16,18). The third kappa shape index (κ3) is 3.23. The van der Waals surface area contributed by atoms with E-state index in [1.807, 2.05) is 54.2 Å². The molecule has 2 aromatic rings. The van der Waals surface area contributed by atoms with Crippen LogP contribution in [0.5, 0.6) is 0 Å². The molecule has 1 N–H and O–H groups in total. The van der Waals surface area contributed by atoms with Crippen LogP contribution in [0.15, 0.2) is 47.2 Å². The fourth-order valence-electron chi connectivity index (χ4n) is 1.65. The number of nitrogens with one attached hydrogen (secondary N) is 1. The van der Waals surface area contributed by atoms with Gasteiger partial charge in [-0.1, -0.05) is 22.0 Å². The first-order valence-corrected chi connectivity index (χ1v) is 6.61. The highest BCUT2D eigenvalue weighted by Gasteiger charge is 2.06. The lowest BCUT2D eigenvalue weighted by Gasteiger charge is -2.07. The Morgan fingerprint density at radius 1 is 1.33 bits per heavy atom. The third-order valence-corrected chi connectivity index (χ3v) is 3.61. The summed E-state index contributed by atoms with van der Waals surface area (Å²) in [6.45, 7) is 3.41. The van der Waals surface area contributed by atoms with Crippen molar-refractivity contribution in [2.24, 2.45) is 0 Å². The Hall–Kier alpha value is -1.55. The van der Waals surface area contributed by atoms with Crippen molar-refractivity contribution in [3.05, 3.63) is 58.3 Å². The van der Waals surface area contributed by atoms with Gasteiger partial charge in [0.05, 0.1) is 0 Å². The summed E-state index contributed by atoms with van der Waals surface area (Å²) < 4.78 is 2.99. The molecule has 0 spiro atoms. The SMILES string of the molecule is Cc1ccc(C(=O)NCCn2cccc2)cc1Br. The Kier molecular flexibility index (Phi) is 4.20. The average molecular weight is 307 g/mol. The third-order valence-electron chi connectivity index (χ3n) is 2.76. The van der Waals surface area contributed by atoms with Gasteiger partial charge >= 0.3 is 0 Å². The first kappa shape index (κ1) is 12.9. The average Bonchev–Trinajstić information content (AvgIpc) is 2.85. The molecule has 0 aliphatic carbocycles. The highest BCUT2D eigenvalue weighted by Crippen LogP contribution is 2.17. The van der Waals surface area contributed by atoms with Crippen LogP contribution in [0, 0.1) is 6.92 Å². The van der Waals surface area contributed by atoms with Gasteiger partial charge in [0.25, 0.3) is 5.91 Å². The number of aromatic nitrogens is 1. The number of halogens is 1. The number of aryl methyl sites for hydroxylation is 1. The normalized spacial score (nSPS) is 10.3. The van der Waals surface area contributed by atoms with Crippen LogP contribution in [-0.2, 0) is 6.54 Å². The van der Waals surface area contributed by atoms with Crippen LogP contribution in [0.4, 0.5) is 0 Å². The minimum Gasteiger partial charge on any atom is -0.353 e. The van der Waals surface area contributed by atoms with Gasteiger partial charge < -0.3 is 9.88 Å². The summed E-state index contributed by atoms with van der Waals surface area (Å²) in [5.74, 6) is -0.0390. The van der Waals surface area contributed by atoms with Gasteiger partial charge in [-0.2, -0.15) is 0 Å². The van der Waals surface area contributed by atoms with Crippen LogP contribution in [0.2, 0.25) is 0 Å². The Morgan fingerprint density at radius 3 is 2.72 bits per heavy atom. The Morgan fingerprint density at radius 2 is 2.06 bits per heavy atom. The summed E-state index contributed by atoms with van der Waals surface area (Å²) in [4.78, 5) is 11.9. The van der Waals surface area contributed by atoms with Crippen molar-refractivity contribution in [3.63, 3.8) is 0 Å². The zero-order valence-corrected chi connectivity index (χ0v) is 11.8. The van der Waals surface area contributed by atoms with E-state index in [0.717, 1.165) is 16.6 Å². The van der Waals surface area contributed by atoms with Crippen molar-refractivity contribution in [1.29, 1.82) is 0 Å². The molecule has 1 amide bonds. The van der Waals surface area contributed by atoms with E-state index in [0.29, 0.717) is 12.1 Å². The predicted octanol–water partition coefficient (Wildman–Crippen LogP) is 2.99. The number of hydrogen-bond donors (Lipinski definition) is 1. The molecule has 0 aliphatic rings. The molecule has 0 unspecified atom stereocenters. The first-order valence-electron chi connectivity index (χ1n) is 5.82. The molecule has 1 aromatic carbocycles. The maximum absolute atomic E-state index is 11.9. The van der Waals surface area contributed by atoms with Crippen molar-refractivity contribution >= 4 is 21.8 Å². The largest absolute Gasteiger partial charge is 0.353 e. The van der Waals surface area contributed by atoms with Gasteiger partial charge in [0.2, 0.25) is 0 Å². The molecule has 0 radical (unpaired) electrons. The monoisotopic (exact) mass is 306 g/mol. The second-order valence-corrected chi connectivity index (χ2v) is 5.00. The maximum Gasteiger partial charge on any atom is 0.251 e. The summed E-state index contributed by atoms with van der Waals surface area (Å²) in [5, 5.41) is 2.90. The van der Waals surface area contributed by atoms with Gasteiger partial charge in [0, 0.05) is 35.5 Å². The Balaban J connectivity index is 1.89. The molecule has 0 saturated heterocycles. The van der Waals surface area contributed by atoms with E-state index >= 15 is 0 Å². The van der Waals surface area contributed by atoms with Gasteiger partial charge in [-0.15, -0.1) is 0 Å². The second-order valence-electron chi connectivity index (χ2n) is 4.14. The summed E-state index contributed by atoms with van der Waals surface area (Å²) in [5.41, 5.74) is 1.80. The van der Waals surface area contributed by atoms with Crippen molar-refractivity contribution in [3.8, 4) is 0 Å². The van der Waals surface area contributed by atoms with E-state index in [2.05, 4.69) is 21.2 Å². The fourth-order valence-corrected chi connectivity index (χ4v) is 2.03. The van der Waals surface area contributed by atoms with Crippen molar-refractivity contribution in [2.45, 2.75) is 13.5 Å². The Labute approximate surface area is 115 Å². The molecule has 1 aromatic heterocycles. The van der Waals surface area contributed by atoms with Crippen LogP contribution >= 0.6 is 15.9 Å². The second kappa shape index (κ2) is 5.87. The molecule has 3 nitrogen and oxygen atoms in total. The van der Waals surface area contributed by atoms with E-state index in [4.69, 9.17) is 0 Å². The zero-order valence-electron chi connectivity index (χ0n) is 10.2. The van der Waals surface area contributed by atoms with Gasteiger partial charge in [-0.25, -0.2) is 0 Å². The zero-order chi connectivity index (χ0) is 13.0. The number of nitrogens with zero attached hydrogens (tertiary/aromatic N) is 1. The molecule has 4 heteroatoms. The van der Waals surface area contributed by atoms with Gasteiger partial charge in [-0.05, 0) is 36.8 Å². The molecule has 0 bridgehead atoms. The molecule has 0 atom stereocenters. The van der Waals surface area contributed by atoms with Crippen LogP contribution in [0.3, 0.4) is 0 Å². The van der Waals surface area contributed by atoms with Crippen LogP contribution in [0.25, 0.3) is 0 Å². The van der Waals surface area contributed by atoms with E-state index in [1.54, 1.807) is 0 Å². The number of carbonyl (C=O) groups is 1. The number of rotatable bonds is 4. The number of carbonyl (C=O) groups excluding carboxylic acids is 1. The topological polar surface area (TPSA) is 34.0 Å². The van der Waals surface area contributed by atoms with Gasteiger partial charge in [0.15, 0.2) is 0 Å². The molecule has 1 heterocycles. The summed E-state index contributed by atoms with van der Waals surface area (Å²) >= 11 is 3.43. The summed E-state index contributed by atoms with van der Waals surface area (Å²) in [6, 6.07) is 9.56. The lowest BCUT2D eigenvalue weighted by Crippen LogP contribution is -2.26. The number of benzene rings is 1. The minimum absolute atomic E-state index is 0.0390. The van der Waals surface area contributed by atoms with E-state index in [9.17, 15) is 4.79 Å². The number of amides is 1. The highest BCUT2D eigenvalue weighted by atomic mass is 79.9. The lowest BCUT2D eigenvalue weighted by molar-refractivity contribution is 0.0952. The van der Waals surface area contributed by atoms with E-state index < -0.39 is 0 Å². The Bertz CT molecular complexity index is 535. The van der Waals surface area contributed by atoms with E-state index in [-0.39, 0.29) is 5.91 Å². The van der Waals surface area contributed by atoms with Crippen molar-refractivity contribution in [2.75, 3.05) is 6.54 Å². The smallest absolute Gasteiger partial charge is 0.251 e. The molecule has 2 rings (SSSR count). The molecule has 94 valence electrons. The highest BCUT2D eigenvalue weighted by molar-refractivity contribution is 9.10. The molecule has 0 aliphatic heterocycles. The van der Waals surface area contributed by atoms with Gasteiger partial charge in [0.1, 0.15) is 0 Å². The van der Waals surface area contributed by atoms with Crippen molar-refractivity contribution in [1.82, 2.24) is 9.88 Å². The number of hydrogen-bond acceptors (Lipinski definition) is 1. The van der Waals surface area contributed by atoms with Gasteiger partial charge in [-0.3, -0.25) is 4.79 Å². The fraction of sp³-hybridized carbons (Fsp3) is 0.214. The lowest BCUT2D eigenvalue weighted by atomic mass is 10.1. The van der Waals surface area contributed by atoms with Crippen LogP contribution in [0.1, 0.15) is 15.9 Å². The first-order chi connectivity index (χ1) is 8.66. The maximum atomic E-state index is 11.9. The molecule has 0 saturated carbocycles. The molecular weight excluding hydrogens is 292 g/mol. The summed E-state index contributed by atoms with van der Waals surface area (Å²) in [7, 11) is 0. The molecule has 18 heavy (non-hydrogen) atoms.